The fraction of sp³-hybridized carbons (Fsp3) is 1.00. The van der Waals surface area contributed by atoms with Crippen LogP contribution in [0.2, 0.25) is 12.1 Å². The van der Waals surface area contributed by atoms with E-state index in [4.69, 9.17) is 0 Å². The maximum atomic E-state index is 4.61. The molecule has 2 nitrogen and oxygen atoms in total. The molecule has 0 aromatic heterocycles. The van der Waals surface area contributed by atoms with Gasteiger partial charge in [0.05, 0.1) is 0 Å². The molecule has 0 heterocycles. The normalized spacial score (nSPS) is 8.40. The quantitative estimate of drug-likeness (QED) is 0.580. The van der Waals surface area contributed by atoms with Gasteiger partial charge in [-0.25, -0.2) is 0 Å². The second-order valence-corrected chi connectivity index (χ2v) is 6.15. The van der Waals surface area contributed by atoms with E-state index in [0.29, 0.717) is 9.52 Å². The molecule has 0 spiro atoms. The summed E-state index contributed by atoms with van der Waals surface area (Å²) in [6.07, 6.45) is 0. The van der Waals surface area contributed by atoms with Crippen molar-refractivity contribution in [3.05, 3.63) is 0 Å². The summed E-state index contributed by atoms with van der Waals surface area (Å²) in [7, 11) is 3.16. The number of hydrogen-bond acceptors (Lipinski definition) is 2. The van der Waals surface area contributed by atoms with Crippen molar-refractivity contribution in [1.82, 2.24) is 0 Å². The molecule has 0 aliphatic rings. The molecule has 0 saturated heterocycles. The summed E-state index contributed by atoms with van der Waals surface area (Å²) in [6.45, 7) is 4.55. The molecule has 0 aromatic carbocycles. The summed E-state index contributed by atoms with van der Waals surface area (Å²) in [5.74, 6) is 0. The van der Waals surface area contributed by atoms with Gasteiger partial charge < -0.3 is 8.85 Å². The Morgan fingerprint density at radius 2 is 1.40 bits per heavy atom. The van der Waals surface area contributed by atoms with Gasteiger partial charge in [-0.1, -0.05) is 25.9 Å². The maximum Gasteiger partial charge on any atom is 0.303 e. The Morgan fingerprint density at radius 1 is 1.00 bits per heavy atom. The first-order chi connectivity index (χ1) is 4.83. The van der Waals surface area contributed by atoms with E-state index in [1.807, 2.05) is 0 Å². The first-order valence-electron chi connectivity index (χ1n) is 3.81. The average Bonchev–Trinajstić information content (AvgIpc) is 1.93. The summed E-state index contributed by atoms with van der Waals surface area (Å²) in [5, 5.41) is 0. The molecule has 4 heteroatoms. The molecular formula is C6H20O2Si2. The zero-order valence-corrected chi connectivity index (χ0v) is 10.5. The Kier molecular flexibility index (Phi) is 21.0. The van der Waals surface area contributed by atoms with Gasteiger partial charge in [-0.05, 0) is 0 Å². The maximum absolute atomic E-state index is 4.61. The van der Waals surface area contributed by atoms with Crippen molar-refractivity contribution >= 4 is 19.5 Å². The van der Waals surface area contributed by atoms with Gasteiger partial charge in [-0.15, -0.1) is 0 Å². The van der Waals surface area contributed by atoms with Crippen molar-refractivity contribution in [2.75, 3.05) is 14.2 Å². The molecule has 0 aliphatic heterocycles. The van der Waals surface area contributed by atoms with E-state index in [2.05, 4.69) is 22.7 Å². The summed E-state index contributed by atoms with van der Waals surface area (Å²) in [5.41, 5.74) is 0. The first kappa shape index (κ1) is 13.0. The third kappa shape index (κ3) is 23.8. The summed E-state index contributed by atoms with van der Waals surface area (Å²) in [4.78, 5) is 0. The van der Waals surface area contributed by atoms with Crippen molar-refractivity contribution in [2.24, 2.45) is 0 Å². The van der Waals surface area contributed by atoms with Crippen LogP contribution in [0.15, 0.2) is 0 Å². The number of hydrogen-bond donors (Lipinski definition) is 0. The lowest BCUT2D eigenvalue weighted by molar-refractivity contribution is 0.309. The van der Waals surface area contributed by atoms with Crippen LogP contribution >= 0.6 is 0 Å². The van der Waals surface area contributed by atoms with Gasteiger partial charge in [0.1, 0.15) is 0 Å². The largest absolute Gasteiger partial charge is 0.402 e. The average molecular weight is 180 g/mol. The van der Waals surface area contributed by atoms with Crippen LogP contribution < -0.4 is 0 Å². The van der Waals surface area contributed by atoms with Crippen LogP contribution in [-0.4, -0.2) is 33.7 Å². The summed E-state index contributed by atoms with van der Waals surface area (Å²) in [6, 6.07) is 2.97. The zero-order valence-electron chi connectivity index (χ0n) is 7.64. The highest BCUT2D eigenvalue weighted by Gasteiger charge is 1.70. The molecule has 0 N–H and O–H groups in total. The Balaban J connectivity index is 0. The molecule has 0 amide bonds. The van der Waals surface area contributed by atoms with Gasteiger partial charge in [0.2, 0.25) is 0 Å². The van der Waals surface area contributed by atoms with Crippen LogP contribution in [0.1, 0.15) is 13.8 Å². The van der Waals surface area contributed by atoms with Gasteiger partial charge in [-0.3, -0.25) is 0 Å². The van der Waals surface area contributed by atoms with E-state index in [1.165, 1.54) is 12.1 Å². The molecule has 0 fully saturated rings. The number of rotatable bonds is 4. The minimum atomic E-state index is -0.568. The summed E-state index contributed by atoms with van der Waals surface area (Å²) < 4.78 is 9.22. The lowest BCUT2D eigenvalue weighted by Crippen LogP contribution is -1.93. The fourth-order valence-electron chi connectivity index (χ4n) is 0.471. The smallest absolute Gasteiger partial charge is 0.303 e. The minimum absolute atomic E-state index is 0.432. The SMILES string of the molecule is CC[SiH2]CC.CO[SiH2]OC. The van der Waals surface area contributed by atoms with Gasteiger partial charge in [0, 0.05) is 23.7 Å². The van der Waals surface area contributed by atoms with Crippen molar-refractivity contribution in [3.63, 3.8) is 0 Å². The monoisotopic (exact) mass is 180 g/mol. The third-order valence-corrected chi connectivity index (χ3v) is 2.83. The molecule has 0 radical (unpaired) electrons. The standard InChI is InChI=1S/C4H12Si.C2H8O2Si/c2*1-3-5-4-2/h3-5H2,1-2H3;5H2,1-2H3. The first-order valence-corrected chi connectivity index (χ1v) is 6.96. The fourth-order valence-corrected chi connectivity index (χ4v) is 1.41. The highest BCUT2D eigenvalue weighted by molar-refractivity contribution is 6.34. The molecule has 10 heavy (non-hydrogen) atoms. The van der Waals surface area contributed by atoms with Crippen molar-refractivity contribution < 1.29 is 8.85 Å². The molecule has 0 bridgehead atoms. The van der Waals surface area contributed by atoms with E-state index in [1.54, 1.807) is 14.2 Å². The van der Waals surface area contributed by atoms with Crippen LogP contribution in [-0.2, 0) is 8.85 Å². The second-order valence-electron chi connectivity index (χ2n) is 2.05. The Morgan fingerprint density at radius 3 is 1.40 bits per heavy atom. The molecule has 0 atom stereocenters. The molecule has 64 valence electrons. The van der Waals surface area contributed by atoms with E-state index in [-0.39, 0.29) is 0 Å². The van der Waals surface area contributed by atoms with Crippen LogP contribution in [0, 0.1) is 0 Å². The Labute approximate surface area is 69.2 Å². The van der Waals surface area contributed by atoms with Gasteiger partial charge in [0.15, 0.2) is 0 Å². The Hall–Kier alpha value is 0.354. The highest BCUT2D eigenvalue weighted by atomic mass is 28.3. The van der Waals surface area contributed by atoms with Crippen LogP contribution in [0.4, 0.5) is 0 Å². The topological polar surface area (TPSA) is 18.5 Å². The molecule has 0 aliphatic carbocycles. The van der Waals surface area contributed by atoms with Crippen LogP contribution in [0.3, 0.4) is 0 Å². The van der Waals surface area contributed by atoms with E-state index in [0.717, 1.165) is 0 Å². The Bertz CT molecular complexity index is 34.7. The van der Waals surface area contributed by atoms with Gasteiger partial charge in [0.25, 0.3) is 0 Å². The molecular weight excluding hydrogens is 160 g/mol. The van der Waals surface area contributed by atoms with Gasteiger partial charge >= 0.3 is 10.0 Å². The molecule has 0 aromatic rings. The third-order valence-electron chi connectivity index (χ3n) is 0.943. The van der Waals surface area contributed by atoms with Crippen molar-refractivity contribution in [1.29, 1.82) is 0 Å². The predicted octanol–water partition coefficient (Wildman–Crippen LogP) is 0.310. The minimum Gasteiger partial charge on any atom is -0.402 e. The predicted molar refractivity (Wildman–Crippen MR) is 52.1 cm³/mol. The summed E-state index contributed by atoms with van der Waals surface area (Å²) >= 11 is 0. The lowest BCUT2D eigenvalue weighted by atomic mass is 11.0. The van der Waals surface area contributed by atoms with E-state index < -0.39 is 10.0 Å². The van der Waals surface area contributed by atoms with Crippen molar-refractivity contribution in [3.8, 4) is 0 Å². The second kappa shape index (κ2) is 16.2. The molecule has 0 saturated carbocycles. The zero-order chi connectivity index (χ0) is 8.24. The van der Waals surface area contributed by atoms with Crippen molar-refractivity contribution in [2.45, 2.75) is 25.9 Å². The van der Waals surface area contributed by atoms with Gasteiger partial charge in [-0.2, -0.15) is 0 Å². The lowest BCUT2D eigenvalue weighted by Gasteiger charge is -1.86. The van der Waals surface area contributed by atoms with Crippen LogP contribution in [0.25, 0.3) is 0 Å². The molecule has 0 rings (SSSR count). The highest BCUT2D eigenvalue weighted by Crippen LogP contribution is 1.77. The van der Waals surface area contributed by atoms with E-state index >= 15 is 0 Å². The van der Waals surface area contributed by atoms with E-state index in [9.17, 15) is 0 Å². The van der Waals surface area contributed by atoms with Crippen LogP contribution in [0.5, 0.6) is 0 Å². The molecule has 0 unspecified atom stereocenters.